The highest BCUT2D eigenvalue weighted by Crippen LogP contribution is 2.28. The summed E-state index contributed by atoms with van der Waals surface area (Å²) in [5.41, 5.74) is 0. The molecule has 0 amide bonds. The molecule has 1 saturated heterocycles. The van der Waals surface area contributed by atoms with Crippen molar-refractivity contribution in [3.8, 4) is 0 Å². The lowest BCUT2D eigenvalue weighted by Gasteiger charge is -2.25. The highest BCUT2D eigenvalue weighted by Gasteiger charge is 2.13. The molecule has 2 aromatic rings. The summed E-state index contributed by atoms with van der Waals surface area (Å²) in [7, 11) is 0. The first-order valence-corrected chi connectivity index (χ1v) is 6.61. The molecule has 0 bridgehead atoms. The van der Waals surface area contributed by atoms with Crippen molar-refractivity contribution in [2.45, 2.75) is 6.54 Å². The minimum atomic E-state index is -0.119. The Balaban J connectivity index is 1.83. The summed E-state index contributed by atoms with van der Waals surface area (Å²) in [6.07, 6.45) is 0. The fourth-order valence-electron chi connectivity index (χ4n) is 2.14. The molecular weight excluding hydrogens is 237 g/mol. The summed E-state index contributed by atoms with van der Waals surface area (Å²) in [5, 5.41) is 0.751. The second-order valence-electron chi connectivity index (χ2n) is 4.25. The van der Waals surface area contributed by atoms with Crippen LogP contribution in [-0.4, -0.2) is 31.2 Å². The maximum Gasteiger partial charge on any atom is 0.131 e. The minimum Gasteiger partial charge on any atom is -0.379 e. The van der Waals surface area contributed by atoms with E-state index in [-0.39, 0.29) is 5.82 Å². The summed E-state index contributed by atoms with van der Waals surface area (Å²) < 4.78 is 19.9. The van der Waals surface area contributed by atoms with Crippen LogP contribution in [-0.2, 0) is 11.3 Å². The maximum atomic E-state index is 13.6. The van der Waals surface area contributed by atoms with E-state index >= 15 is 0 Å². The van der Waals surface area contributed by atoms with Crippen molar-refractivity contribution in [1.82, 2.24) is 4.90 Å². The molecule has 4 heteroatoms. The fourth-order valence-corrected chi connectivity index (χ4v) is 3.25. The van der Waals surface area contributed by atoms with E-state index in [2.05, 4.69) is 4.90 Å². The van der Waals surface area contributed by atoms with E-state index < -0.39 is 0 Å². The van der Waals surface area contributed by atoms with Crippen molar-refractivity contribution in [3.05, 3.63) is 35.0 Å². The third kappa shape index (κ3) is 2.34. The summed E-state index contributed by atoms with van der Waals surface area (Å²) in [4.78, 5) is 3.58. The van der Waals surface area contributed by atoms with Gasteiger partial charge in [0.05, 0.1) is 13.2 Å². The average Bonchev–Trinajstić information content (AvgIpc) is 2.74. The van der Waals surface area contributed by atoms with Crippen molar-refractivity contribution in [1.29, 1.82) is 0 Å². The van der Waals surface area contributed by atoms with Crippen molar-refractivity contribution in [2.24, 2.45) is 0 Å². The van der Waals surface area contributed by atoms with Gasteiger partial charge in [0.25, 0.3) is 0 Å². The van der Waals surface area contributed by atoms with Gasteiger partial charge in [-0.3, -0.25) is 4.90 Å². The monoisotopic (exact) mass is 251 g/mol. The molecule has 1 aromatic heterocycles. The van der Waals surface area contributed by atoms with E-state index in [9.17, 15) is 4.39 Å². The highest BCUT2D eigenvalue weighted by atomic mass is 32.1. The van der Waals surface area contributed by atoms with Gasteiger partial charge in [-0.15, -0.1) is 11.3 Å². The molecule has 90 valence electrons. The molecule has 0 spiro atoms. The van der Waals surface area contributed by atoms with Gasteiger partial charge in [-0.25, -0.2) is 4.39 Å². The van der Waals surface area contributed by atoms with Crippen LogP contribution in [0.25, 0.3) is 10.1 Å². The number of fused-ring (bicyclic) bond motifs is 1. The van der Waals surface area contributed by atoms with Gasteiger partial charge in [-0.1, -0.05) is 6.07 Å². The maximum absolute atomic E-state index is 13.6. The van der Waals surface area contributed by atoms with Crippen LogP contribution in [0.4, 0.5) is 4.39 Å². The molecule has 0 atom stereocenters. The van der Waals surface area contributed by atoms with Crippen LogP contribution < -0.4 is 0 Å². The summed E-state index contributed by atoms with van der Waals surface area (Å²) >= 11 is 1.68. The quantitative estimate of drug-likeness (QED) is 0.813. The summed E-state index contributed by atoms with van der Waals surface area (Å²) in [6, 6.07) is 7.25. The predicted octanol–water partition coefficient (Wildman–Crippen LogP) is 2.87. The van der Waals surface area contributed by atoms with E-state index in [1.54, 1.807) is 17.4 Å². The normalized spacial score (nSPS) is 17.7. The van der Waals surface area contributed by atoms with Gasteiger partial charge >= 0.3 is 0 Å². The Hall–Kier alpha value is -0.970. The lowest BCUT2D eigenvalue weighted by atomic mass is 10.2. The molecule has 1 fully saturated rings. The topological polar surface area (TPSA) is 12.5 Å². The zero-order chi connectivity index (χ0) is 11.7. The van der Waals surface area contributed by atoms with Gasteiger partial charge in [0, 0.05) is 34.6 Å². The lowest BCUT2D eigenvalue weighted by Crippen LogP contribution is -2.35. The van der Waals surface area contributed by atoms with Crippen LogP contribution in [0, 0.1) is 5.82 Å². The Bertz CT molecular complexity index is 519. The summed E-state index contributed by atoms with van der Waals surface area (Å²) in [5.74, 6) is -0.119. The molecule has 2 nitrogen and oxygen atoms in total. The van der Waals surface area contributed by atoms with Gasteiger partial charge in [0.2, 0.25) is 0 Å². The first-order chi connectivity index (χ1) is 8.33. The van der Waals surface area contributed by atoms with E-state index in [0.29, 0.717) is 0 Å². The number of halogens is 1. The van der Waals surface area contributed by atoms with Gasteiger partial charge in [0.15, 0.2) is 0 Å². The first-order valence-electron chi connectivity index (χ1n) is 5.80. The number of rotatable bonds is 2. The number of benzene rings is 1. The van der Waals surface area contributed by atoms with Crippen LogP contribution >= 0.6 is 11.3 Å². The Morgan fingerprint density at radius 1 is 1.29 bits per heavy atom. The molecule has 0 saturated carbocycles. The van der Waals surface area contributed by atoms with Crippen molar-refractivity contribution in [3.63, 3.8) is 0 Å². The second-order valence-corrected chi connectivity index (χ2v) is 5.42. The van der Waals surface area contributed by atoms with Crippen LogP contribution in [0.15, 0.2) is 24.3 Å². The molecule has 0 radical (unpaired) electrons. The smallest absolute Gasteiger partial charge is 0.131 e. The van der Waals surface area contributed by atoms with E-state index in [0.717, 1.165) is 42.9 Å². The van der Waals surface area contributed by atoms with Crippen LogP contribution in [0.2, 0.25) is 0 Å². The Morgan fingerprint density at radius 2 is 2.12 bits per heavy atom. The molecule has 1 aliphatic rings. The first kappa shape index (κ1) is 11.1. The van der Waals surface area contributed by atoms with Crippen LogP contribution in [0.1, 0.15) is 4.88 Å². The largest absolute Gasteiger partial charge is 0.379 e. The average molecular weight is 251 g/mol. The molecular formula is C13H14FNOS. The fraction of sp³-hybridized carbons (Fsp3) is 0.385. The van der Waals surface area contributed by atoms with E-state index in [1.165, 1.54) is 10.9 Å². The number of ether oxygens (including phenoxy) is 1. The van der Waals surface area contributed by atoms with E-state index in [1.807, 2.05) is 12.1 Å². The van der Waals surface area contributed by atoms with Crippen molar-refractivity contribution >= 4 is 21.4 Å². The number of hydrogen-bond acceptors (Lipinski definition) is 3. The summed E-state index contributed by atoms with van der Waals surface area (Å²) in [6.45, 7) is 4.45. The molecule has 17 heavy (non-hydrogen) atoms. The zero-order valence-electron chi connectivity index (χ0n) is 9.49. The van der Waals surface area contributed by atoms with E-state index in [4.69, 9.17) is 4.74 Å². The minimum absolute atomic E-state index is 0.119. The standard InChI is InChI=1S/C13H14FNOS/c14-12-2-1-3-13-11(12)8-10(17-13)9-15-4-6-16-7-5-15/h1-3,8H,4-7,9H2. The van der Waals surface area contributed by atoms with Crippen LogP contribution in [0.3, 0.4) is 0 Å². The van der Waals surface area contributed by atoms with Gasteiger partial charge in [-0.05, 0) is 18.2 Å². The number of hydrogen-bond donors (Lipinski definition) is 0. The molecule has 2 heterocycles. The molecule has 0 unspecified atom stereocenters. The third-order valence-corrected chi connectivity index (χ3v) is 4.13. The van der Waals surface area contributed by atoms with Crippen LogP contribution in [0.5, 0.6) is 0 Å². The zero-order valence-corrected chi connectivity index (χ0v) is 10.3. The molecule has 3 rings (SSSR count). The van der Waals surface area contributed by atoms with Gasteiger partial charge in [0.1, 0.15) is 5.82 Å². The predicted molar refractivity (Wildman–Crippen MR) is 67.9 cm³/mol. The molecule has 0 N–H and O–H groups in total. The highest BCUT2D eigenvalue weighted by molar-refractivity contribution is 7.19. The lowest BCUT2D eigenvalue weighted by molar-refractivity contribution is 0.0346. The number of nitrogens with zero attached hydrogens (tertiary/aromatic N) is 1. The van der Waals surface area contributed by atoms with Crippen molar-refractivity contribution in [2.75, 3.05) is 26.3 Å². The van der Waals surface area contributed by atoms with Gasteiger partial charge < -0.3 is 4.74 Å². The third-order valence-electron chi connectivity index (χ3n) is 3.04. The second kappa shape index (κ2) is 4.72. The van der Waals surface area contributed by atoms with Crippen molar-refractivity contribution < 1.29 is 9.13 Å². The Kier molecular flexibility index (Phi) is 3.09. The Morgan fingerprint density at radius 3 is 2.88 bits per heavy atom. The number of morpholine rings is 1. The molecule has 0 aliphatic carbocycles. The molecule has 1 aromatic carbocycles. The Labute approximate surface area is 104 Å². The van der Waals surface area contributed by atoms with Gasteiger partial charge in [-0.2, -0.15) is 0 Å². The number of thiophene rings is 1. The molecule has 1 aliphatic heterocycles. The SMILES string of the molecule is Fc1cccc2sc(CN3CCOCC3)cc12.